The van der Waals surface area contributed by atoms with Gasteiger partial charge in [-0.1, -0.05) is 12.1 Å². The molecular weight excluding hydrogens is 208 g/mol. The number of nitrogens with zero attached hydrogens (tertiary/aromatic N) is 1. The third-order valence-electron chi connectivity index (χ3n) is 3.47. The van der Waals surface area contributed by atoms with Gasteiger partial charge in [-0.15, -0.1) is 0 Å². The van der Waals surface area contributed by atoms with Gasteiger partial charge in [0, 0.05) is 18.9 Å². The van der Waals surface area contributed by atoms with Gasteiger partial charge in [0.25, 0.3) is 0 Å². The first-order valence-corrected chi connectivity index (χ1v) is 5.85. The smallest absolute Gasteiger partial charge is 0.0318 e. The van der Waals surface area contributed by atoms with Crippen LogP contribution in [-0.4, -0.2) is 4.98 Å². The van der Waals surface area contributed by atoms with Gasteiger partial charge < -0.3 is 5.73 Å². The molecule has 0 spiro atoms. The van der Waals surface area contributed by atoms with Crippen molar-refractivity contribution in [1.29, 1.82) is 0 Å². The summed E-state index contributed by atoms with van der Waals surface area (Å²) in [6.07, 6.45) is 3.67. The SMILES string of the molecule is Cc1ccc(-c2ccncc2CN)c(C)c1C. The first-order valence-electron chi connectivity index (χ1n) is 5.85. The Hall–Kier alpha value is -1.67. The molecule has 17 heavy (non-hydrogen) atoms. The van der Waals surface area contributed by atoms with Gasteiger partial charge in [-0.3, -0.25) is 4.98 Å². The van der Waals surface area contributed by atoms with Gasteiger partial charge in [0.15, 0.2) is 0 Å². The second kappa shape index (κ2) is 4.68. The molecule has 0 amide bonds. The number of aromatic nitrogens is 1. The molecule has 2 N–H and O–H groups in total. The highest BCUT2D eigenvalue weighted by molar-refractivity contribution is 5.71. The van der Waals surface area contributed by atoms with E-state index in [9.17, 15) is 0 Å². The highest BCUT2D eigenvalue weighted by Gasteiger charge is 2.09. The van der Waals surface area contributed by atoms with Crippen molar-refractivity contribution < 1.29 is 0 Å². The summed E-state index contributed by atoms with van der Waals surface area (Å²) in [5, 5.41) is 0. The maximum absolute atomic E-state index is 5.77. The Morgan fingerprint density at radius 3 is 2.47 bits per heavy atom. The topological polar surface area (TPSA) is 38.9 Å². The second-order valence-electron chi connectivity index (χ2n) is 4.42. The van der Waals surface area contributed by atoms with E-state index in [2.05, 4.69) is 37.9 Å². The molecule has 0 saturated heterocycles. The summed E-state index contributed by atoms with van der Waals surface area (Å²) >= 11 is 0. The maximum Gasteiger partial charge on any atom is 0.0318 e. The number of aryl methyl sites for hydroxylation is 1. The number of hydrogen-bond acceptors (Lipinski definition) is 2. The molecule has 0 fully saturated rings. The van der Waals surface area contributed by atoms with E-state index in [1.54, 1.807) is 0 Å². The highest BCUT2D eigenvalue weighted by Crippen LogP contribution is 2.29. The molecule has 1 aromatic heterocycles. The van der Waals surface area contributed by atoms with Crippen molar-refractivity contribution in [3.63, 3.8) is 0 Å². The Morgan fingerprint density at radius 2 is 1.76 bits per heavy atom. The third kappa shape index (κ3) is 2.08. The number of pyridine rings is 1. The Kier molecular flexibility index (Phi) is 3.25. The van der Waals surface area contributed by atoms with E-state index < -0.39 is 0 Å². The highest BCUT2D eigenvalue weighted by atomic mass is 14.6. The molecule has 88 valence electrons. The summed E-state index contributed by atoms with van der Waals surface area (Å²) in [7, 11) is 0. The van der Waals surface area contributed by atoms with Crippen LogP contribution in [-0.2, 0) is 6.54 Å². The van der Waals surface area contributed by atoms with Gasteiger partial charge in [0.1, 0.15) is 0 Å². The molecule has 2 heteroatoms. The fourth-order valence-corrected chi connectivity index (χ4v) is 2.10. The lowest BCUT2D eigenvalue weighted by molar-refractivity contribution is 1.05. The molecule has 0 radical (unpaired) electrons. The van der Waals surface area contributed by atoms with E-state index in [4.69, 9.17) is 5.73 Å². The molecule has 0 unspecified atom stereocenters. The molecule has 1 aromatic carbocycles. The van der Waals surface area contributed by atoms with Crippen molar-refractivity contribution in [3.8, 4) is 11.1 Å². The van der Waals surface area contributed by atoms with Crippen LogP contribution >= 0.6 is 0 Å². The van der Waals surface area contributed by atoms with Crippen LogP contribution in [0.4, 0.5) is 0 Å². The fourth-order valence-electron chi connectivity index (χ4n) is 2.10. The van der Waals surface area contributed by atoms with Crippen molar-refractivity contribution in [2.45, 2.75) is 27.3 Å². The number of hydrogen-bond donors (Lipinski definition) is 1. The number of benzene rings is 1. The zero-order valence-electron chi connectivity index (χ0n) is 10.6. The van der Waals surface area contributed by atoms with Crippen LogP contribution in [0.3, 0.4) is 0 Å². The minimum atomic E-state index is 0.523. The van der Waals surface area contributed by atoms with E-state index in [-0.39, 0.29) is 0 Å². The quantitative estimate of drug-likeness (QED) is 0.854. The molecular formula is C15H18N2. The lowest BCUT2D eigenvalue weighted by atomic mass is 9.92. The van der Waals surface area contributed by atoms with Crippen LogP contribution in [0.5, 0.6) is 0 Å². The van der Waals surface area contributed by atoms with Gasteiger partial charge in [-0.2, -0.15) is 0 Å². The maximum atomic E-state index is 5.77. The largest absolute Gasteiger partial charge is 0.326 e. The van der Waals surface area contributed by atoms with Crippen LogP contribution in [0.1, 0.15) is 22.3 Å². The summed E-state index contributed by atoms with van der Waals surface area (Å²) in [6.45, 7) is 6.99. The third-order valence-corrected chi connectivity index (χ3v) is 3.47. The van der Waals surface area contributed by atoms with Crippen LogP contribution in [0.15, 0.2) is 30.6 Å². The zero-order chi connectivity index (χ0) is 12.4. The molecule has 2 rings (SSSR count). The molecule has 0 aliphatic rings. The molecule has 0 aliphatic carbocycles. The summed E-state index contributed by atoms with van der Waals surface area (Å²) in [6, 6.07) is 6.38. The minimum absolute atomic E-state index is 0.523. The number of rotatable bonds is 2. The standard InChI is InChI=1S/C15H18N2/c1-10-4-5-14(12(3)11(10)2)15-6-7-17-9-13(15)8-16/h4-7,9H,8,16H2,1-3H3. The van der Waals surface area contributed by atoms with E-state index in [0.717, 1.165) is 5.56 Å². The first-order chi connectivity index (χ1) is 8.15. The van der Waals surface area contributed by atoms with Crippen LogP contribution < -0.4 is 5.73 Å². The molecule has 0 atom stereocenters. The van der Waals surface area contributed by atoms with Crippen LogP contribution in [0.25, 0.3) is 11.1 Å². The Bertz CT molecular complexity index is 545. The van der Waals surface area contributed by atoms with Crippen molar-refractivity contribution >= 4 is 0 Å². The predicted molar refractivity (Wildman–Crippen MR) is 71.8 cm³/mol. The van der Waals surface area contributed by atoms with Crippen molar-refractivity contribution in [1.82, 2.24) is 4.98 Å². The average molecular weight is 226 g/mol. The van der Waals surface area contributed by atoms with E-state index >= 15 is 0 Å². The second-order valence-corrected chi connectivity index (χ2v) is 4.42. The van der Waals surface area contributed by atoms with E-state index in [1.165, 1.54) is 27.8 Å². The van der Waals surface area contributed by atoms with Gasteiger partial charge in [-0.25, -0.2) is 0 Å². The molecule has 2 aromatic rings. The van der Waals surface area contributed by atoms with Crippen molar-refractivity contribution in [3.05, 3.63) is 52.8 Å². The fraction of sp³-hybridized carbons (Fsp3) is 0.267. The zero-order valence-corrected chi connectivity index (χ0v) is 10.6. The number of nitrogens with two attached hydrogens (primary N) is 1. The van der Waals surface area contributed by atoms with Crippen molar-refractivity contribution in [2.75, 3.05) is 0 Å². The first kappa shape index (κ1) is 11.8. The van der Waals surface area contributed by atoms with E-state index in [1.807, 2.05) is 18.5 Å². The normalized spacial score (nSPS) is 10.6. The molecule has 0 saturated carbocycles. The van der Waals surface area contributed by atoms with Crippen LogP contribution in [0, 0.1) is 20.8 Å². The molecule has 2 nitrogen and oxygen atoms in total. The Morgan fingerprint density at radius 1 is 1.00 bits per heavy atom. The predicted octanol–water partition coefficient (Wildman–Crippen LogP) is 3.13. The van der Waals surface area contributed by atoms with Gasteiger partial charge in [0.2, 0.25) is 0 Å². The minimum Gasteiger partial charge on any atom is -0.326 e. The summed E-state index contributed by atoms with van der Waals surface area (Å²) in [5.41, 5.74) is 13.3. The summed E-state index contributed by atoms with van der Waals surface area (Å²) in [4.78, 5) is 4.13. The average Bonchev–Trinajstić information content (AvgIpc) is 2.36. The molecule has 0 aliphatic heterocycles. The van der Waals surface area contributed by atoms with Gasteiger partial charge >= 0.3 is 0 Å². The summed E-state index contributed by atoms with van der Waals surface area (Å²) < 4.78 is 0. The Balaban J connectivity index is 2.65. The molecule has 1 heterocycles. The van der Waals surface area contributed by atoms with Crippen molar-refractivity contribution in [2.24, 2.45) is 5.73 Å². The lowest BCUT2D eigenvalue weighted by Gasteiger charge is -2.13. The Labute approximate surface area is 103 Å². The van der Waals surface area contributed by atoms with E-state index in [0.29, 0.717) is 6.54 Å². The monoisotopic (exact) mass is 226 g/mol. The molecule has 0 bridgehead atoms. The van der Waals surface area contributed by atoms with Gasteiger partial charge in [-0.05, 0) is 60.2 Å². The lowest BCUT2D eigenvalue weighted by Crippen LogP contribution is -2.01. The van der Waals surface area contributed by atoms with Crippen LogP contribution in [0.2, 0.25) is 0 Å². The van der Waals surface area contributed by atoms with Gasteiger partial charge in [0.05, 0.1) is 0 Å². The summed E-state index contributed by atoms with van der Waals surface area (Å²) in [5.74, 6) is 0.